The molecule has 0 bridgehead atoms. The fourth-order valence-corrected chi connectivity index (χ4v) is 13.8. The predicted octanol–water partition coefficient (Wildman–Crippen LogP) is 13.2. The highest BCUT2D eigenvalue weighted by molar-refractivity contribution is 8.03. The van der Waals surface area contributed by atoms with Gasteiger partial charge in [-0.25, -0.2) is 87.8 Å². The number of thiophene rings is 2. The molecule has 2 heterocycles. The highest BCUT2D eigenvalue weighted by Crippen LogP contribution is 2.42. The molecule has 0 spiro atoms. The van der Waals surface area contributed by atoms with Crippen LogP contribution in [0.15, 0.2) is 107 Å². The molecular formula is C45H17BF20S4. The smallest absolute Gasteiger partial charge is 0.207 e. The Balaban J connectivity index is 0.000000242. The molecule has 0 N–H and O–H groups in total. The van der Waals surface area contributed by atoms with Crippen molar-refractivity contribution >= 4 is 73.3 Å². The second kappa shape index (κ2) is 20.1. The molecule has 8 rings (SSSR count). The summed E-state index contributed by atoms with van der Waals surface area (Å²) in [7, 11) is -0.0380. The second-order valence-electron chi connectivity index (χ2n) is 14.3. The van der Waals surface area contributed by atoms with Crippen molar-refractivity contribution in [2.45, 2.75) is 29.3 Å². The lowest BCUT2D eigenvalue weighted by Crippen LogP contribution is -2.81. The molecule has 0 fully saturated rings. The van der Waals surface area contributed by atoms with E-state index in [0.717, 1.165) is 0 Å². The average molecular weight is 1080 g/mol. The van der Waals surface area contributed by atoms with Gasteiger partial charge >= 0.3 is 0 Å². The van der Waals surface area contributed by atoms with Gasteiger partial charge in [-0.05, 0) is 49.4 Å². The maximum absolute atomic E-state index is 15.4. The van der Waals surface area contributed by atoms with E-state index in [1.807, 2.05) is 34.4 Å². The van der Waals surface area contributed by atoms with E-state index in [-0.39, 0.29) is 10.9 Å². The van der Waals surface area contributed by atoms with Gasteiger partial charge in [0, 0.05) is 10.9 Å². The van der Waals surface area contributed by atoms with Crippen molar-refractivity contribution in [1.82, 2.24) is 0 Å². The highest BCUT2D eigenvalue weighted by Gasteiger charge is 2.52. The van der Waals surface area contributed by atoms with Crippen molar-refractivity contribution in [3.05, 3.63) is 206 Å². The summed E-state index contributed by atoms with van der Waals surface area (Å²) in [4.78, 5) is 4.12. The van der Waals surface area contributed by atoms with Gasteiger partial charge < -0.3 is 0 Å². The SMILES string of the molecule is Cc1ccc(Sc2ccc([S+](c3ccccc3)c3ccccc3)s2)s1.Fc1c(F)c(F)c([B-](c2c(F)c(F)c(F)c(F)c2F)(c2c(F)c(F)c(F)c(F)c2F)c2c(F)c(F)c(F)c(F)c2F)c(F)c1F. The first kappa shape index (κ1) is 51.9. The summed E-state index contributed by atoms with van der Waals surface area (Å²) in [5, 5.41) is 0. The zero-order chi connectivity index (χ0) is 51.4. The van der Waals surface area contributed by atoms with Crippen LogP contribution in [0.1, 0.15) is 4.88 Å². The number of hydrogen-bond acceptors (Lipinski definition) is 3. The fourth-order valence-electron chi connectivity index (χ4n) is 7.39. The molecule has 70 heavy (non-hydrogen) atoms. The van der Waals surface area contributed by atoms with Gasteiger partial charge in [0.25, 0.3) is 0 Å². The lowest BCUT2D eigenvalue weighted by molar-refractivity contribution is 0.378. The first-order valence-corrected chi connectivity index (χ1v) is 22.6. The molecule has 0 saturated heterocycles. The quantitative estimate of drug-likeness (QED) is 0.0456. The highest BCUT2D eigenvalue weighted by atomic mass is 32.2. The molecule has 364 valence electrons. The number of benzene rings is 6. The van der Waals surface area contributed by atoms with Gasteiger partial charge in [0.2, 0.25) is 4.21 Å². The van der Waals surface area contributed by atoms with Crippen LogP contribution < -0.4 is 21.9 Å². The summed E-state index contributed by atoms with van der Waals surface area (Å²) < 4.78 is 298. The predicted molar refractivity (Wildman–Crippen MR) is 222 cm³/mol. The molecule has 0 aliphatic rings. The van der Waals surface area contributed by atoms with Crippen LogP contribution in [0.5, 0.6) is 0 Å². The van der Waals surface area contributed by atoms with E-state index >= 15 is 35.1 Å². The van der Waals surface area contributed by atoms with Crippen LogP contribution >= 0.6 is 34.4 Å². The van der Waals surface area contributed by atoms with E-state index in [2.05, 4.69) is 91.9 Å². The third kappa shape index (κ3) is 8.60. The minimum absolute atomic E-state index is 0.0380. The van der Waals surface area contributed by atoms with Gasteiger partial charge in [0.15, 0.2) is 79.6 Å². The minimum Gasteiger partial charge on any atom is -0.207 e. The van der Waals surface area contributed by atoms with E-state index in [1.54, 1.807) is 0 Å². The number of aryl methyl sites for hydroxylation is 1. The van der Waals surface area contributed by atoms with E-state index in [1.165, 1.54) is 27.3 Å². The molecule has 0 aliphatic heterocycles. The first-order valence-electron chi connectivity index (χ1n) is 18.9. The summed E-state index contributed by atoms with van der Waals surface area (Å²) in [5.41, 5.74) is -14.3. The standard InChI is InChI=1S/C24BF20.C21H17S4/c26-5-1(6(27)14(35)21(42)13(5)34)25(2-7(28)15(36)22(43)16(37)8(2)29,3-9(30)17(38)23(44)18(39)10(3)31)4-11(32)19(40)24(45)20(41)12(4)33;1-16-12-13-19(22-16)23-20-14-15-21(24-20)25(17-8-4-2-5-9-17)18-10-6-3-7-11-18/h;2-15H,1H3/q-1;+1. The first-order chi connectivity index (χ1) is 33.0. The number of hydrogen-bond donors (Lipinski definition) is 0. The van der Waals surface area contributed by atoms with Crippen LogP contribution in [-0.2, 0) is 10.9 Å². The molecule has 0 saturated carbocycles. The molecule has 0 atom stereocenters. The maximum Gasteiger partial charge on any atom is 0.221 e. The second-order valence-corrected chi connectivity index (χ2v) is 20.5. The summed E-state index contributed by atoms with van der Waals surface area (Å²) in [6.07, 6.45) is -7.22. The zero-order valence-electron chi connectivity index (χ0n) is 33.9. The van der Waals surface area contributed by atoms with E-state index in [4.69, 9.17) is 0 Å². The number of halogens is 20. The van der Waals surface area contributed by atoms with Gasteiger partial charge in [-0.3, -0.25) is 0 Å². The van der Waals surface area contributed by atoms with Crippen LogP contribution in [0.25, 0.3) is 0 Å². The van der Waals surface area contributed by atoms with Crippen LogP contribution in [0, 0.1) is 123 Å². The largest absolute Gasteiger partial charge is 0.221 e. The van der Waals surface area contributed by atoms with E-state index in [0.29, 0.717) is 0 Å². The van der Waals surface area contributed by atoms with E-state index in [9.17, 15) is 52.7 Å². The minimum atomic E-state index is -7.22. The third-order valence-electron chi connectivity index (χ3n) is 10.3. The van der Waals surface area contributed by atoms with Crippen molar-refractivity contribution in [3.8, 4) is 0 Å². The van der Waals surface area contributed by atoms with Gasteiger partial charge in [0.1, 0.15) is 63.6 Å². The topological polar surface area (TPSA) is 0 Å². The van der Waals surface area contributed by atoms with E-state index < -0.39 is 144 Å². The van der Waals surface area contributed by atoms with Crippen molar-refractivity contribution in [1.29, 1.82) is 0 Å². The zero-order valence-corrected chi connectivity index (χ0v) is 37.1. The Morgan fingerprint density at radius 2 is 0.571 bits per heavy atom. The Hall–Kier alpha value is -5.92. The Kier molecular flexibility index (Phi) is 14.9. The molecular weight excluding hydrogens is 1060 g/mol. The molecule has 0 aliphatic carbocycles. The Bertz CT molecular complexity index is 2910. The van der Waals surface area contributed by atoms with Crippen LogP contribution in [0.4, 0.5) is 87.8 Å². The monoisotopic (exact) mass is 1080 g/mol. The summed E-state index contributed by atoms with van der Waals surface area (Å²) >= 11 is 5.66. The average Bonchev–Trinajstić information content (AvgIpc) is 4.00. The van der Waals surface area contributed by atoms with Crippen LogP contribution in [0.2, 0.25) is 0 Å². The van der Waals surface area contributed by atoms with Crippen molar-refractivity contribution < 1.29 is 87.8 Å². The molecule has 2 aromatic heterocycles. The molecule has 8 aromatic rings. The molecule has 6 aromatic carbocycles. The van der Waals surface area contributed by atoms with Crippen molar-refractivity contribution in [3.63, 3.8) is 0 Å². The molecule has 0 unspecified atom stereocenters. The number of rotatable bonds is 9. The Morgan fingerprint density at radius 1 is 0.314 bits per heavy atom. The summed E-state index contributed by atoms with van der Waals surface area (Å²) in [6, 6.07) is 30.7. The lowest BCUT2D eigenvalue weighted by Gasteiger charge is -2.44. The molecule has 0 nitrogen and oxygen atoms in total. The lowest BCUT2D eigenvalue weighted by atomic mass is 9.12. The van der Waals surface area contributed by atoms with Gasteiger partial charge in [-0.15, -0.1) is 33.2 Å². The van der Waals surface area contributed by atoms with Gasteiger partial charge in [-0.1, -0.05) is 59.5 Å². The summed E-state index contributed by atoms with van der Waals surface area (Å²) in [6.45, 7) is 2.16. The third-order valence-corrected chi connectivity index (χ3v) is 16.3. The Morgan fingerprint density at radius 3 is 0.843 bits per heavy atom. The van der Waals surface area contributed by atoms with Crippen LogP contribution in [0.3, 0.4) is 0 Å². The van der Waals surface area contributed by atoms with Gasteiger partial charge in [-0.2, -0.15) is 0 Å². The molecule has 0 radical (unpaired) electrons. The summed E-state index contributed by atoms with van der Waals surface area (Å²) in [5.74, 6) is -71.4. The Labute approximate surface area is 395 Å². The van der Waals surface area contributed by atoms with Crippen molar-refractivity contribution in [2.24, 2.45) is 0 Å². The molecule has 0 amide bonds. The molecule has 25 heteroatoms. The van der Waals surface area contributed by atoms with Gasteiger partial charge in [0.05, 0.1) is 8.42 Å². The normalized spacial score (nSPS) is 11.7. The maximum atomic E-state index is 15.4. The fraction of sp³-hybridized carbons (Fsp3) is 0.0222. The van der Waals surface area contributed by atoms with Crippen molar-refractivity contribution in [2.75, 3.05) is 0 Å². The van der Waals surface area contributed by atoms with Crippen LogP contribution in [-0.4, -0.2) is 6.15 Å².